The molecule has 2 aromatic rings. The van der Waals surface area contributed by atoms with Crippen LogP contribution in [0, 0.1) is 11.3 Å². The van der Waals surface area contributed by atoms with Crippen LogP contribution in [0.15, 0.2) is 22.6 Å². The fourth-order valence-corrected chi connectivity index (χ4v) is 5.30. The Morgan fingerprint density at radius 1 is 1.25 bits per heavy atom. The molecule has 1 spiro atoms. The van der Waals surface area contributed by atoms with Crippen LogP contribution in [0.4, 0.5) is 6.01 Å². The first-order valence-electron chi connectivity index (χ1n) is 10.4. The first kappa shape index (κ1) is 18.3. The quantitative estimate of drug-likeness (QED) is 0.835. The van der Waals surface area contributed by atoms with Gasteiger partial charge in [0.05, 0.1) is 0 Å². The van der Waals surface area contributed by atoms with Crippen molar-refractivity contribution < 1.29 is 9.21 Å². The van der Waals surface area contributed by atoms with Crippen LogP contribution in [0.5, 0.6) is 0 Å². The molecule has 3 saturated heterocycles. The van der Waals surface area contributed by atoms with Gasteiger partial charge in [-0.25, -0.2) is 0 Å². The van der Waals surface area contributed by atoms with Crippen molar-refractivity contribution in [2.75, 3.05) is 44.2 Å². The first-order chi connectivity index (χ1) is 13.6. The minimum Gasteiger partial charge on any atom is -0.423 e. The van der Waals surface area contributed by atoms with E-state index in [4.69, 9.17) is 16.0 Å². The Labute approximate surface area is 170 Å². The molecule has 0 aliphatic carbocycles. The molecule has 7 heteroatoms. The summed E-state index contributed by atoms with van der Waals surface area (Å²) >= 11 is 6.04. The lowest BCUT2D eigenvalue weighted by atomic mass is 9.78. The van der Waals surface area contributed by atoms with Gasteiger partial charge in [-0.3, -0.25) is 4.79 Å². The van der Waals surface area contributed by atoms with Crippen LogP contribution < -0.4 is 10.2 Å². The summed E-state index contributed by atoms with van der Waals surface area (Å²) in [4.78, 5) is 22.0. The summed E-state index contributed by atoms with van der Waals surface area (Å²) in [7, 11) is 0. The highest BCUT2D eigenvalue weighted by Crippen LogP contribution is 2.37. The summed E-state index contributed by atoms with van der Waals surface area (Å²) in [5.41, 5.74) is 1.86. The van der Waals surface area contributed by atoms with E-state index in [1.54, 1.807) is 6.07 Å². The maximum atomic E-state index is 13.1. The molecule has 1 aromatic carbocycles. The highest BCUT2D eigenvalue weighted by atomic mass is 35.5. The number of rotatable bonds is 2. The Morgan fingerprint density at radius 3 is 2.89 bits per heavy atom. The van der Waals surface area contributed by atoms with Crippen molar-refractivity contribution in [1.82, 2.24) is 15.2 Å². The maximum Gasteiger partial charge on any atom is 0.298 e. The topological polar surface area (TPSA) is 61.6 Å². The predicted octanol–water partition coefficient (Wildman–Crippen LogP) is 3.30. The molecule has 0 radical (unpaired) electrons. The second-order valence-corrected chi connectivity index (χ2v) is 9.10. The van der Waals surface area contributed by atoms with E-state index in [0.29, 0.717) is 27.9 Å². The number of likely N-dealkylation sites (tertiary alicyclic amines) is 1. The maximum absolute atomic E-state index is 13.1. The molecular weight excluding hydrogens is 376 g/mol. The lowest BCUT2D eigenvalue weighted by Gasteiger charge is -2.42. The van der Waals surface area contributed by atoms with E-state index < -0.39 is 0 Å². The second kappa shape index (κ2) is 7.23. The Morgan fingerprint density at radius 2 is 2.11 bits per heavy atom. The molecule has 5 rings (SSSR count). The number of carbonyl (C=O) groups is 1. The molecule has 3 aliphatic heterocycles. The Kier molecular flexibility index (Phi) is 4.71. The van der Waals surface area contributed by atoms with Crippen LogP contribution in [0.1, 0.15) is 32.1 Å². The molecule has 1 amide bonds. The summed E-state index contributed by atoms with van der Waals surface area (Å²) in [6.45, 7) is 5.62. The van der Waals surface area contributed by atoms with E-state index in [9.17, 15) is 4.79 Å². The molecule has 6 nitrogen and oxygen atoms in total. The van der Waals surface area contributed by atoms with Gasteiger partial charge in [0, 0.05) is 55.1 Å². The second-order valence-electron chi connectivity index (χ2n) is 8.66. The summed E-state index contributed by atoms with van der Waals surface area (Å²) < 4.78 is 5.89. The molecule has 150 valence electrons. The highest BCUT2D eigenvalue weighted by Gasteiger charge is 2.41. The van der Waals surface area contributed by atoms with Gasteiger partial charge in [0.1, 0.15) is 5.52 Å². The number of benzene rings is 1. The zero-order valence-corrected chi connectivity index (χ0v) is 16.9. The SMILES string of the molecule is O=C(C1CCN(c2nc3ccc(Cl)cc3o2)CC1)N1CCCC2(CCNC2)C1. The van der Waals surface area contributed by atoms with E-state index in [1.165, 1.54) is 12.8 Å². The van der Waals surface area contributed by atoms with E-state index in [2.05, 4.69) is 20.1 Å². The number of nitrogens with one attached hydrogen (secondary N) is 1. The first-order valence-corrected chi connectivity index (χ1v) is 10.8. The van der Waals surface area contributed by atoms with Gasteiger partial charge in [0.2, 0.25) is 5.91 Å². The molecule has 1 N–H and O–H groups in total. The minimum atomic E-state index is 0.125. The predicted molar refractivity (Wildman–Crippen MR) is 110 cm³/mol. The number of nitrogens with zero attached hydrogens (tertiary/aromatic N) is 3. The van der Waals surface area contributed by atoms with Gasteiger partial charge < -0.3 is 19.5 Å². The number of oxazole rings is 1. The number of piperidine rings is 2. The normalized spacial score (nSPS) is 26.5. The molecule has 1 unspecified atom stereocenters. The molecule has 1 atom stereocenters. The number of fused-ring (bicyclic) bond motifs is 1. The van der Waals surface area contributed by atoms with Crippen molar-refractivity contribution in [1.29, 1.82) is 0 Å². The third-order valence-electron chi connectivity index (χ3n) is 6.76. The third kappa shape index (κ3) is 3.37. The third-order valence-corrected chi connectivity index (χ3v) is 6.99. The summed E-state index contributed by atoms with van der Waals surface area (Å²) in [6.07, 6.45) is 5.32. The number of halogens is 1. The highest BCUT2D eigenvalue weighted by molar-refractivity contribution is 6.31. The van der Waals surface area contributed by atoms with E-state index in [0.717, 1.165) is 64.0 Å². The summed E-state index contributed by atoms with van der Waals surface area (Å²) in [6, 6.07) is 6.14. The van der Waals surface area contributed by atoms with Crippen LogP contribution in [0.25, 0.3) is 11.1 Å². The van der Waals surface area contributed by atoms with E-state index >= 15 is 0 Å². The average Bonchev–Trinajstić information content (AvgIpc) is 3.34. The smallest absolute Gasteiger partial charge is 0.298 e. The van der Waals surface area contributed by atoms with Crippen molar-refractivity contribution >= 4 is 34.6 Å². The number of hydrogen-bond acceptors (Lipinski definition) is 5. The standard InChI is InChI=1S/C21H27ClN4O2/c22-16-2-3-17-18(12-16)28-20(24-17)25-10-4-15(5-11-25)19(27)26-9-1-6-21(14-26)7-8-23-13-21/h2-3,12,15,23H,1,4-11,13-14H2. The van der Waals surface area contributed by atoms with Gasteiger partial charge in [0.25, 0.3) is 6.01 Å². The number of aromatic nitrogens is 1. The van der Waals surface area contributed by atoms with Gasteiger partial charge in [-0.2, -0.15) is 4.98 Å². The lowest BCUT2D eigenvalue weighted by Crippen LogP contribution is -2.50. The fourth-order valence-electron chi connectivity index (χ4n) is 5.14. The van der Waals surface area contributed by atoms with Crippen LogP contribution in [-0.4, -0.2) is 55.1 Å². The van der Waals surface area contributed by atoms with Gasteiger partial charge in [0.15, 0.2) is 5.58 Å². The van der Waals surface area contributed by atoms with Crippen LogP contribution in [0.3, 0.4) is 0 Å². The Hall–Kier alpha value is -1.79. The molecule has 4 heterocycles. The molecule has 0 saturated carbocycles. The molecule has 1 aromatic heterocycles. The zero-order chi connectivity index (χ0) is 19.1. The van der Waals surface area contributed by atoms with E-state index in [1.807, 2.05) is 12.1 Å². The Bertz CT molecular complexity index is 868. The monoisotopic (exact) mass is 402 g/mol. The molecule has 3 aliphatic rings. The number of hydrogen-bond donors (Lipinski definition) is 1. The molecule has 28 heavy (non-hydrogen) atoms. The van der Waals surface area contributed by atoms with Crippen molar-refractivity contribution in [3.8, 4) is 0 Å². The fraction of sp³-hybridized carbons (Fsp3) is 0.619. The zero-order valence-electron chi connectivity index (χ0n) is 16.1. The van der Waals surface area contributed by atoms with Crippen LogP contribution in [-0.2, 0) is 4.79 Å². The summed E-state index contributed by atoms with van der Waals surface area (Å²) in [5, 5.41) is 4.14. The molecular formula is C21H27ClN4O2. The molecule has 3 fully saturated rings. The largest absolute Gasteiger partial charge is 0.423 e. The lowest BCUT2D eigenvalue weighted by molar-refractivity contribution is -0.139. The average molecular weight is 403 g/mol. The number of anilines is 1. The minimum absolute atomic E-state index is 0.125. The molecule has 0 bridgehead atoms. The number of carbonyl (C=O) groups excluding carboxylic acids is 1. The van der Waals surface area contributed by atoms with Crippen LogP contribution in [0.2, 0.25) is 5.02 Å². The van der Waals surface area contributed by atoms with Crippen molar-refractivity contribution in [2.24, 2.45) is 11.3 Å². The number of amides is 1. The van der Waals surface area contributed by atoms with Gasteiger partial charge >= 0.3 is 0 Å². The van der Waals surface area contributed by atoms with Crippen molar-refractivity contribution in [3.63, 3.8) is 0 Å². The van der Waals surface area contributed by atoms with Crippen molar-refractivity contribution in [3.05, 3.63) is 23.2 Å². The Balaban J connectivity index is 1.22. The van der Waals surface area contributed by atoms with Gasteiger partial charge in [-0.15, -0.1) is 0 Å². The van der Waals surface area contributed by atoms with E-state index in [-0.39, 0.29) is 5.92 Å². The van der Waals surface area contributed by atoms with Gasteiger partial charge in [-0.1, -0.05) is 11.6 Å². The summed E-state index contributed by atoms with van der Waals surface area (Å²) in [5.74, 6) is 0.481. The van der Waals surface area contributed by atoms with Crippen LogP contribution >= 0.6 is 11.6 Å². The van der Waals surface area contributed by atoms with Crippen molar-refractivity contribution in [2.45, 2.75) is 32.1 Å². The van der Waals surface area contributed by atoms with Gasteiger partial charge in [-0.05, 0) is 50.8 Å².